The number of likely N-dealkylation sites (tertiary alicyclic amines) is 2. The summed E-state index contributed by atoms with van der Waals surface area (Å²) in [5.74, 6) is -4.30. The van der Waals surface area contributed by atoms with Crippen molar-refractivity contribution in [1.82, 2.24) is 20.4 Å². The van der Waals surface area contributed by atoms with E-state index in [1.807, 2.05) is 34.6 Å². The molecule has 53 heavy (non-hydrogen) atoms. The predicted octanol–water partition coefficient (Wildman–Crippen LogP) is 5.30. The molecule has 2 aliphatic heterocycles. The second kappa shape index (κ2) is 18.4. The highest BCUT2D eigenvalue weighted by Gasteiger charge is 2.69. The molecule has 298 valence electrons. The minimum atomic E-state index is -0.851. The molecule has 11 heteroatoms. The summed E-state index contributed by atoms with van der Waals surface area (Å²) in [6.45, 7) is 23.0. The molecule has 0 radical (unpaired) electrons. The molecule has 0 bridgehead atoms. The molecule has 11 nitrogen and oxygen atoms in total. The molecule has 3 aliphatic rings. The second-order valence-electron chi connectivity index (χ2n) is 18.6. The lowest BCUT2D eigenvalue weighted by atomic mass is 9.75. The number of carbonyl (C=O) groups excluding carboxylic acids is 7. The monoisotopic (exact) mass is 741 g/mol. The Morgan fingerprint density at radius 1 is 0.943 bits per heavy atom. The van der Waals surface area contributed by atoms with Gasteiger partial charge in [0.1, 0.15) is 5.78 Å². The van der Waals surface area contributed by atoms with Gasteiger partial charge in [-0.1, -0.05) is 94.1 Å². The zero-order valence-electron chi connectivity index (χ0n) is 34.1. The van der Waals surface area contributed by atoms with E-state index >= 15 is 0 Å². The van der Waals surface area contributed by atoms with E-state index in [-0.39, 0.29) is 104 Å². The van der Waals surface area contributed by atoms with Crippen LogP contribution in [0.25, 0.3) is 0 Å². The maximum absolute atomic E-state index is 14.5. The van der Waals surface area contributed by atoms with Crippen molar-refractivity contribution in [3.05, 3.63) is 12.7 Å². The number of nitrogens with zero attached hydrogens (tertiary/aromatic N) is 2. The number of piperidine rings is 2. The van der Waals surface area contributed by atoms with Gasteiger partial charge in [-0.05, 0) is 47.0 Å². The first-order valence-electron chi connectivity index (χ1n) is 20.0. The third-order valence-corrected chi connectivity index (χ3v) is 12.0. The lowest BCUT2D eigenvalue weighted by Gasteiger charge is -2.39. The van der Waals surface area contributed by atoms with Crippen molar-refractivity contribution >= 4 is 41.0 Å². The Kier molecular flexibility index (Phi) is 15.4. The van der Waals surface area contributed by atoms with E-state index in [4.69, 9.17) is 0 Å². The highest BCUT2D eigenvalue weighted by molar-refractivity contribution is 6.37. The number of rotatable bonds is 22. The lowest BCUT2D eigenvalue weighted by molar-refractivity contribution is -0.154. The Balaban J connectivity index is 1.79. The van der Waals surface area contributed by atoms with Crippen molar-refractivity contribution in [3.63, 3.8) is 0 Å². The first-order chi connectivity index (χ1) is 24.7. The largest absolute Gasteiger partial charge is 0.346 e. The first-order valence-corrected chi connectivity index (χ1v) is 20.0. The molecule has 0 aromatic rings. The Morgan fingerprint density at radius 2 is 1.57 bits per heavy atom. The van der Waals surface area contributed by atoms with E-state index in [2.05, 4.69) is 38.0 Å². The van der Waals surface area contributed by atoms with Gasteiger partial charge in [0.15, 0.2) is 5.78 Å². The minimum Gasteiger partial charge on any atom is -0.346 e. The molecule has 2 heterocycles. The Labute approximate surface area is 318 Å². The number of amides is 4. The van der Waals surface area contributed by atoms with Crippen LogP contribution >= 0.6 is 0 Å². The van der Waals surface area contributed by atoms with Gasteiger partial charge in [0.2, 0.25) is 23.5 Å². The van der Waals surface area contributed by atoms with Gasteiger partial charge in [0.05, 0.1) is 12.0 Å². The average Bonchev–Trinajstić information content (AvgIpc) is 3.36. The highest BCUT2D eigenvalue weighted by Crippen LogP contribution is 2.65. The topological polar surface area (TPSA) is 150 Å². The van der Waals surface area contributed by atoms with Crippen molar-refractivity contribution in [2.24, 2.45) is 45.8 Å². The summed E-state index contributed by atoms with van der Waals surface area (Å²) in [5, 5.41) is 5.90. The van der Waals surface area contributed by atoms with Crippen molar-refractivity contribution < 1.29 is 33.6 Å². The number of imide groups is 1. The van der Waals surface area contributed by atoms with Crippen molar-refractivity contribution in [2.75, 3.05) is 32.7 Å². The Morgan fingerprint density at radius 3 is 2.15 bits per heavy atom. The van der Waals surface area contributed by atoms with Crippen LogP contribution in [-0.2, 0) is 33.6 Å². The van der Waals surface area contributed by atoms with E-state index in [1.54, 1.807) is 11.8 Å². The average molecular weight is 741 g/mol. The second-order valence-corrected chi connectivity index (χ2v) is 18.6. The first kappa shape index (κ1) is 44.2. The van der Waals surface area contributed by atoms with Gasteiger partial charge in [-0.3, -0.25) is 38.5 Å². The smallest absolute Gasteiger partial charge is 0.287 e. The molecule has 4 amide bonds. The normalized spacial score (nSPS) is 23.5. The Bertz CT molecular complexity index is 1380. The van der Waals surface area contributed by atoms with E-state index in [1.165, 1.54) is 17.4 Å². The highest BCUT2D eigenvalue weighted by atomic mass is 16.2. The Hall–Kier alpha value is -3.21. The summed E-state index contributed by atoms with van der Waals surface area (Å²) in [6, 6.07) is -0.733. The zero-order valence-corrected chi connectivity index (χ0v) is 34.1. The molecule has 3 rings (SSSR count). The van der Waals surface area contributed by atoms with E-state index < -0.39 is 40.4 Å². The van der Waals surface area contributed by atoms with Crippen LogP contribution in [0.2, 0.25) is 0 Å². The molecule has 0 aromatic heterocycles. The molecular weight excluding hydrogens is 672 g/mol. The number of unbranched alkanes of at least 4 members (excludes halogenated alkanes) is 4. The van der Waals surface area contributed by atoms with Gasteiger partial charge in [-0.2, -0.15) is 0 Å². The summed E-state index contributed by atoms with van der Waals surface area (Å²) in [5.41, 5.74) is -0.936. The summed E-state index contributed by atoms with van der Waals surface area (Å²) < 4.78 is 0. The van der Waals surface area contributed by atoms with Crippen molar-refractivity contribution in [1.29, 1.82) is 0 Å². The molecule has 2 saturated heterocycles. The fourth-order valence-electron chi connectivity index (χ4n) is 8.40. The number of hydrogen-bond acceptors (Lipinski definition) is 8. The maximum atomic E-state index is 14.5. The number of hydrogen-bond donors (Lipinski definition) is 2. The third-order valence-electron chi connectivity index (χ3n) is 12.0. The van der Waals surface area contributed by atoms with Crippen LogP contribution in [0.3, 0.4) is 0 Å². The predicted molar refractivity (Wildman–Crippen MR) is 205 cm³/mol. The maximum Gasteiger partial charge on any atom is 0.287 e. The minimum absolute atomic E-state index is 0.0301. The van der Waals surface area contributed by atoms with Gasteiger partial charge in [-0.25, -0.2) is 0 Å². The SMILES string of the molecule is C=CCNC(=O)C(=O)[C@H](C)CC(=O)[C@@H]1[C@@H]2[C@H](CN1C(=O)[C@H](CNCCCCCCC)CC(=O)C[C@H](CN1C(=O)CC(C)(C)CC1=O)C(C)(C)C)C2(C)C. The van der Waals surface area contributed by atoms with Crippen LogP contribution in [0.5, 0.6) is 0 Å². The van der Waals surface area contributed by atoms with Crippen LogP contribution in [0, 0.1) is 45.8 Å². The zero-order chi connectivity index (χ0) is 39.9. The number of fused-ring (bicyclic) bond motifs is 1. The number of carbonyl (C=O) groups is 7. The van der Waals surface area contributed by atoms with Gasteiger partial charge >= 0.3 is 0 Å². The van der Waals surface area contributed by atoms with Gasteiger partial charge in [-0.15, -0.1) is 6.58 Å². The fraction of sp³-hybridized carbons (Fsp3) is 0.786. The molecule has 0 spiro atoms. The number of nitrogens with one attached hydrogen (secondary N) is 2. The lowest BCUT2D eigenvalue weighted by Crippen LogP contribution is -2.50. The van der Waals surface area contributed by atoms with Crippen LogP contribution in [0.4, 0.5) is 0 Å². The van der Waals surface area contributed by atoms with Gasteiger partial charge in [0.25, 0.3) is 5.91 Å². The van der Waals surface area contributed by atoms with Gasteiger partial charge < -0.3 is 15.5 Å². The van der Waals surface area contributed by atoms with E-state index in [0.29, 0.717) is 13.1 Å². The molecule has 2 N–H and O–H groups in total. The van der Waals surface area contributed by atoms with Gasteiger partial charge in [0, 0.05) is 64.2 Å². The molecular formula is C42H68N4O7. The summed E-state index contributed by atoms with van der Waals surface area (Å²) in [7, 11) is 0. The van der Waals surface area contributed by atoms with Crippen molar-refractivity contribution in [3.8, 4) is 0 Å². The summed E-state index contributed by atoms with van der Waals surface area (Å²) in [6.07, 6.45) is 7.41. The molecule has 6 atom stereocenters. The standard InChI is InChI=1S/C42H68N4O7/c1-11-13-14-15-16-18-43-24-28(20-30(47)21-29(40(4,5)6)25-45-33(49)22-41(7,8)23-34(45)50)39(53)46-26-31-35(42(31,9)10)36(46)32(48)19-27(3)37(51)38(52)44-17-12-2/h12,27-29,31,35-36,43H,2,11,13-26H2,1,3-10H3,(H,44,52)/t27-,28+,29-,31+,35+,36-/m1/s1. The van der Waals surface area contributed by atoms with Crippen LogP contribution < -0.4 is 10.6 Å². The summed E-state index contributed by atoms with van der Waals surface area (Å²) >= 11 is 0. The van der Waals surface area contributed by atoms with Crippen LogP contribution in [0.15, 0.2) is 12.7 Å². The van der Waals surface area contributed by atoms with E-state index in [0.717, 1.165) is 25.7 Å². The number of ketones is 3. The summed E-state index contributed by atoms with van der Waals surface area (Å²) in [4.78, 5) is 96.6. The molecule has 0 aromatic carbocycles. The molecule has 0 unspecified atom stereocenters. The fourth-order valence-corrected chi connectivity index (χ4v) is 8.40. The number of Topliss-reactive ketones (excluding diaryl/α,β-unsaturated/α-hetero) is 3. The van der Waals surface area contributed by atoms with E-state index in [9.17, 15) is 33.6 Å². The van der Waals surface area contributed by atoms with Crippen molar-refractivity contribution in [2.45, 2.75) is 133 Å². The van der Waals surface area contributed by atoms with Crippen LogP contribution in [0.1, 0.15) is 127 Å². The van der Waals surface area contributed by atoms with Crippen LogP contribution in [-0.4, -0.2) is 89.5 Å². The molecule has 3 fully saturated rings. The third kappa shape index (κ3) is 11.6. The molecule has 1 aliphatic carbocycles. The quantitative estimate of drug-likeness (QED) is 0.0658. The molecule has 1 saturated carbocycles.